The zero-order valence-electron chi connectivity index (χ0n) is 9.64. The lowest BCUT2D eigenvalue weighted by Crippen LogP contribution is -2.40. The molecule has 0 bridgehead atoms. The number of alkyl halides is 3. The molecule has 0 aromatic heterocycles. The van der Waals surface area contributed by atoms with Gasteiger partial charge in [-0.2, -0.15) is 18.4 Å². The third-order valence-electron chi connectivity index (χ3n) is 3.31. The third-order valence-corrected chi connectivity index (χ3v) is 3.31. The van der Waals surface area contributed by atoms with E-state index in [2.05, 4.69) is 0 Å². The second kappa shape index (κ2) is 3.84. The maximum atomic E-state index is 12.8. The van der Waals surface area contributed by atoms with Gasteiger partial charge in [0.2, 0.25) is 0 Å². The summed E-state index contributed by atoms with van der Waals surface area (Å²) >= 11 is 0. The van der Waals surface area contributed by atoms with Crippen LogP contribution in [-0.2, 0) is 16.4 Å². The number of halogens is 3. The molecule has 18 heavy (non-hydrogen) atoms. The van der Waals surface area contributed by atoms with E-state index in [1.807, 2.05) is 6.07 Å². The van der Waals surface area contributed by atoms with Crippen molar-refractivity contribution in [3.63, 3.8) is 0 Å². The van der Waals surface area contributed by atoms with E-state index in [-0.39, 0.29) is 29.8 Å². The van der Waals surface area contributed by atoms with Crippen molar-refractivity contribution in [2.75, 3.05) is 0 Å². The molecule has 0 radical (unpaired) electrons. The van der Waals surface area contributed by atoms with Gasteiger partial charge in [-0.3, -0.25) is 4.79 Å². The van der Waals surface area contributed by atoms with Crippen molar-refractivity contribution in [3.8, 4) is 6.07 Å². The third kappa shape index (κ3) is 1.88. The van der Waals surface area contributed by atoms with Gasteiger partial charge in [0.05, 0.1) is 17.0 Å². The molecular weight excluding hydrogens is 243 g/mol. The van der Waals surface area contributed by atoms with Gasteiger partial charge in [0.1, 0.15) is 5.78 Å². The molecule has 94 valence electrons. The number of aryl methyl sites for hydroxylation is 1. The van der Waals surface area contributed by atoms with Crippen molar-refractivity contribution in [2.24, 2.45) is 0 Å². The fourth-order valence-corrected chi connectivity index (χ4v) is 2.19. The highest BCUT2D eigenvalue weighted by Crippen LogP contribution is 2.43. The molecule has 0 atom stereocenters. The Morgan fingerprint density at radius 2 is 1.94 bits per heavy atom. The van der Waals surface area contributed by atoms with Crippen LogP contribution in [0.5, 0.6) is 0 Å². The van der Waals surface area contributed by atoms with Crippen LogP contribution in [0.2, 0.25) is 0 Å². The summed E-state index contributed by atoms with van der Waals surface area (Å²) in [4.78, 5) is 11.0. The minimum absolute atomic E-state index is 0.00383. The second-order valence-corrected chi connectivity index (χ2v) is 4.61. The lowest BCUT2D eigenvalue weighted by molar-refractivity contribution is -0.138. The molecule has 1 saturated carbocycles. The molecule has 1 aromatic carbocycles. The predicted molar refractivity (Wildman–Crippen MR) is 57.7 cm³/mol. The first-order valence-electron chi connectivity index (χ1n) is 5.40. The minimum Gasteiger partial charge on any atom is -0.300 e. The molecule has 0 spiro atoms. The molecule has 0 amide bonds. The predicted octanol–water partition coefficient (Wildman–Crippen LogP) is 3.14. The number of hydrogen-bond acceptors (Lipinski definition) is 2. The first-order chi connectivity index (χ1) is 8.28. The Balaban J connectivity index is 2.49. The summed E-state index contributed by atoms with van der Waals surface area (Å²) in [5.74, 6) is -0.0920. The van der Waals surface area contributed by atoms with Crippen LogP contribution < -0.4 is 0 Å². The monoisotopic (exact) mass is 253 g/mol. The van der Waals surface area contributed by atoms with E-state index in [1.54, 1.807) is 0 Å². The van der Waals surface area contributed by atoms with E-state index < -0.39 is 17.2 Å². The first-order valence-corrected chi connectivity index (χ1v) is 5.40. The molecule has 0 heterocycles. The first kappa shape index (κ1) is 12.6. The van der Waals surface area contributed by atoms with Gasteiger partial charge in [-0.05, 0) is 24.1 Å². The zero-order valence-corrected chi connectivity index (χ0v) is 9.64. The zero-order chi connectivity index (χ0) is 13.6. The van der Waals surface area contributed by atoms with E-state index in [0.29, 0.717) is 0 Å². The van der Waals surface area contributed by atoms with Gasteiger partial charge in [0.25, 0.3) is 0 Å². The van der Waals surface area contributed by atoms with Crippen LogP contribution in [0.3, 0.4) is 0 Å². The van der Waals surface area contributed by atoms with Gasteiger partial charge in [-0.25, -0.2) is 0 Å². The van der Waals surface area contributed by atoms with Gasteiger partial charge >= 0.3 is 6.18 Å². The number of nitriles is 1. The fraction of sp³-hybridized carbons (Fsp3) is 0.385. The van der Waals surface area contributed by atoms with Crippen LogP contribution in [0.25, 0.3) is 0 Å². The number of hydrogen-bond donors (Lipinski definition) is 0. The highest BCUT2D eigenvalue weighted by molar-refractivity contribution is 5.90. The van der Waals surface area contributed by atoms with E-state index in [0.717, 1.165) is 6.07 Å². The number of Topliss-reactive ketones (excluding diaryl/α,β-unsaturated/α-hetero) is 1. The van der Waals surface area contributed by atoms with Crippen molar-refractivity contribution in [1.29, 1.82) is 5.26 Å². The quantitative estimate of drug-likeness (QED) is 0.771. The van der Waals surface area contributed by atoms with Crippen molar-refractivity contribution in [1.82, 2.24) is 0 Å². The SMILES string of the molecule is Cc1ccc(C2(C#N)CC(=O)C2)cc1C(F)(F)F. The number of nitrogens with zero attached hydrogens (tertiary/aromatic N) is 1. The van der Waals surface area contributed by atoms with E-state index in [1.165, 1.54) is 19.1 Å². The van der Waals surface area contributed by atoms with Crippen molar-refractivity contribution >= 4 is 5.78 Å². The van der Waals surface area contributed by atoms with Crippen LogP contribution >= 0.6 is 0 Å². The maximum absolute atomic E-state index is 12.8. The molecule has 0 N–H and O–H groups in total. The molecule has 1 fully saturated rings. The number of carbonyl (C=O) groups is 1. The molecular formula is C13H10F3NO. The van der Waals surface area contributed by atoms with Gasteiger partial charge < -0.3 is 0 Å². The Morgan fingerprint density at radius 3 is 2.39 bits per heavy atom. The summed E-state index contributed by atoms with van der Waals surface area (Å²) in [5.41, 5.74) is -1.41. The number of benzene rings is 1. The van der Waals surface area contributed by atoms with Gasteiger partial charge in [-0.1, -0.05) is 12.1 Å². The van der Waals surface area contributed by atoms with Gasteiger partial charge in [-0.15, -0.1) is 0 Å². The van der Waals surface area contributed by atoms with Crippen LogP contribution in [0.15, 0.2) is 18.2 Å². The fourth-order valence-electron chi connectivity index (χ4n) is 2.19. The van der Waals surface area contributed by atoms with Crippen LogP contribution in [0.4, 0.5) is 13.2 Å². The second-order valence-electron chi connectivity index (χ2n) is 4.61. The molecule has 0 aliphatic heterocycles. The normalized spacial score (nSPS) is 18.1. The molecule has 1 aliphatic rings. The smallest absolute Gasteiger partial charge is 0.300 e. The summed E-state index contributed by atoms with van der Waals surface area (Å²) in [6, 6.07) is 5.81. The Morgan fingerprint density at radius 1 is 1.33 bits per heavy atom. The number of rotatable bonds is 1. The lowest BCUT2D eigenvalue weighted by atomic mass is 9.64. The topological polar surface area (TPSA) is 40.9 Å². The lowest BCUT2D eigenvalue weighted by Gasteiger charge is -2.34. The van der Waals surface area contributed by atoms with E-state index in [4.69, 9.17) is 5.26 Å². The summed E-state index contributed by atoms with van der Waals surface area (Å²) in [7, 11) is 0. The number of carbonyl (C=O) groups excluding carboxylic acids is 1. The molecule has 5 heteroatoms. The Hall–Kier alpha value is -1.83. The maximum Gasteiger partial charge on any atom is 0.416 e. The van der Waals surface area contributed by atoms with Crippen LogP contribution in [-0.4, -0.2) is 5.78 Å². The van der Waals surface area contributed by atoms with Gasteiger partial charge in [0, 0.05) is 12.8 Å². The van der Waals surface area contributed by atoms with Crippen molar-refractivity contribution < 1.29 is 18.0 Å². The van der Waals surface area contributed by atoms with E-state index >= 15 is 0 Å². The van der Waals surface area contributed by atoms with Crippen LogP contribution in [0.1, 0.15) is 29.5 Å². The van der Waals surface area contributed by atoms with E-state index in [9.17, 15) is 18.0 Å². The highest BCUT2D eigenvalue weighted by Gasteiger charge is 2.46. The molecule has 2 rings (SSSR count). The number of ketones is 1. The Labute approximate surface area is 102 Å². The Kier molecular flexibility index (Phi) is 2.69. The standard InChI is InChI=1S/C13H10F3NO/c1-8-2-3-9(4-11(8)13(14,15)16)12(7-17)5-10(18)6-12/h2-4H,5-6H2,1H3. The van der Waals surface area contributed by atoms with Crippen molar-refractivity contribution in [3.05, 3.63) is 34.9 Å². The summed E-state index contributed by atoms with van der Waals surface area (Å²) in [5, 5.41) is 9.09. The molecule has 2 nitrogen and oxygen atoms in total. The Bertz CT molecular complexity index is 546. The van der Waals surface area contributed by atoms with Gasteiger partial charge in [0.15, 0.2) is 0 Å². The largest absolute Gasteiger partial charge is 0.416 e. The van der Waals surface area contributed by atoms with Crippen LogP contribution in [0, 0.1) is 18.3 Å². The average molecular weight is 253 g/mol. The summed E-state index contributed by atoms with van der Waals surface area (Å²) in [6.45, 7) is 1.37. The molecule has 0 unspecified atom stereocenters. The average Bonchev–Trinajstić information content (AvgIpc) is 2.23. The minimum atomic E-state index is -4.44. The molecule has 1 aromatic rings. The highest BCUT2D eigenvalue weighted by atomic mass is 19.4. The molecule has 0 saturated heterocycles. The van der Waals surface area contributed by atoms with Crippen molar-refractivity contribution in [2.45, 2.75) is 31.4 Å². The summed E-state index contributed by atoms with van der Waals surface area (Å²) < 4.78 is 38.3. The summed E-state index contributed by atoms with van der Waals surface area (Å²) in [6.07, 6.45) is -4.43. The molecule has 1 aliphatic carbocycles.